The number of carboxylic acid groups (broad SMARTS) is 1. The minimum absolute atomic E-state index is 0.0829. The van der Waals surface area contributed by atoms with Crippen molar-refractivity contribution in [1.29, 1.82) is 0 Å². The Labute approximate surface area is 227 Å². The van der Waals surface area contributed by atoms with Crippen molar-refractivity contribution in [2.75, 3.05) is 14.2 Å². The molecule has 2 aliphatic rings. The Morgan fingerprint density at radius 3 is 2.49 bits per heavy atom. The number of fused-ring (bicyclic) bond motifs is 2. The zero-order valence-electron chi connectivity index (χ0n) is 22.9. The van der Waals surface area contributed by atoms with Crippen molar-refractivity contribution in [1.82, 2.24) is 0 Å². The Morgan fingerprint density at radius 2 is 1.85 bits per heavy atom. The second kappa shape index (κ2) is 9.94. The van der Waals surface area contributed by atoms with Gasteiger partial charge in [0.2, 0.25) is 0 Å². The number of carbonyl (C=O) groups is 1. The first-order valence-electron chi connectivity index (χ1n) is 13.2. The molecule has 5 nitrogen and oxygen atoms in total. The first-order chi connectivity index (χ1) is 18.5. The molecule has 0 saturated heterocycles. The first kappa shape index (κ1) is 27.1. The van der Waals surface area contributed by atoms with Crippen molar-refractivity contribution in [2.24, 2.45) is 11.3 Å². The van der Waals surface area contributed by atoms with E-state index in [1.165, 1.54) is 13.2 Å². The third-order valence-electron chi connectivity index (χ3n) is 8.18. The van der Waals surface area contributed by atoms with Crippen molar-refractivity contribution in [3.05, 3.63) is 82.4 Å². The molecule has 2 aliphatic carbocycles. The number of hydrogen-bond donors (Lipinski definition) is 1. The summed E-state index contributed by atoms with van der Waals surface area (Å²) in [5.41, 5.74) is 3.09. The van der Waals surface area contributed by atoms with Crippen molar-refractivity contribution in [3.63, 3.8) is 0 Å². The maximum atomic E-state index is 15.7. The van der Waals surface area contributed by atoms with E-state index in [0.29, 0.717) is 41.7 Å². The van der Waals surface area contributed by atoms with Crippen LogP contribution in [0.4, 0.5) is 8.78 Å². The minimum atomic E-state index is -0.875. The maximum absolute atomic E-state index is 15.7. The molecule has 0 aliphatic heterocycles. The molecule has 0 bridgehead atoms. The summed E-state index contributed by atoms with van der Waals surface area (Å²) in [6.45, 7) is 6.23. The second-order valence-corrected chi connectivity index (χ2v) is 11.7. The quantitative estimate of drug-likeness (QED) is 0.329. The van der Waals surface area contributed by atoms with E-state index >= 15 is 8.78 Å². The molecule has 0 unspecified atom stereocenters. The van der Waals surface area contributed by atoms with E-state index in [-0.39, 0.29) is 29.7 Å². The summed E-state index contributed by atoms with van der Waals surface area (Å²) in [6.07, 6.45) is 1.42. The standard InChI is InChI=1S/C32H34F2O5/c1-31(2,3)29(38-5)23-14-18(6-9-21(23)22-15-20(37-4)8-10-25(22)33)17-39-26-11-7-19-12-13-32(27(19)28(26)34)16-24(32)30(35)36/h6-11,14-15,24,29H,12-13,16-17H2,1-5H3,(H,35,36)/t24-,29+,32+/m0/s1. The lowest BCUT2D eigenvalue weighted by Gasteiger charge is -2.32. The number of benzene rings is 3. The van der Waals surface area contributed by atoms with Crippen LogP contribution < -0.4 is 9.47 Å². The molecule has 0 amide bonds. The lowest BCUT2D eigenvalue weighted by atomic mass is 9.81. The van der Waals surface area contributed by atoms with Crippen LogP contribution in [0.3, 0.4) is 0 Å². The van der Waals surface area contributed by atoms with Crippen LogP contribution >= 0.6 is 0 Å². The van der Waals surface area contributed by atoms with Gasteiger partial charge in [-0.3, -0.25) is 4.79 Å². The van der Waals surface area contributed by atoms with E-state index in [1.807, 2.05) is 45.0 Å². The summed E-state index contributed by atoms with van der Waals surface area (Å²) in [5.74, 6) is -1.61. The van der Waals surface area contributed by atoms with E-state index in [9.17, 15) is 9.90 Å². The molecule has 206 valence electrons. The molecule has 0 aromatic heterocycles. The fraction of sp³-hybridized carbons (Fsp3) is 0.406. The van der Waals surface area contributed by atoms with Gasteiger partial charge in [0, 0.05) is 23.7 Å². The minimum Gasteiger partial charge on any atom is -0.497 e. The highest BCUT2D eigenvalue weighted by atomic mass is 19.1. The highest BCUT2D eigenvalue weighted by Gasteiger charge is 2.63. The van der Waals surface area contributed by atoms with Gasteiger partial charge in [0.25, 0.3) is 0 Å². The summed E-state index contributed by atoms with van der Waals surface area (Å²) in [5, 5.41) is 9.52. The van der Waals surface area contributed by atoms with Gasteiger partial charge in [-0.2, -0.15) is 0 Å². The molecule has 1 spiro atoms. The van der Waals surface area contributed by atoms with Crippen LogP contribution in [-0.2, 0) is 28.0 Å². The molecule has 1 fully saturated rings. The summed E-state index contributed by atoms with van der Waals surface area (Å²) in [4.78, 5) is 11.6. The average molecular weight is 537 g/mol. The van der Waals surface area contributed by atoms with Gasteiger partial charge in [0.1, 0.15) is 18.2 Å². The van der Waals surface area contributed by atoms with E-state index in [0.717, 1.165) is 16.7 Å². The van der Waals surface area contributed by atoms with Crippen LogP contribution in [0.15, 0.2) is 48.5 Å². The highest BCUT2D eigenvalue weighted by Crippen LogP contribution is 2.62. The summed E-state index contributed by atoms with van der Waals surface area (Å²) < 4.78 is 47.9. The Kier molecular flexibility index (Phi) is 6.91. The van der Waals surface area contributed by atoms with E-state index in [1.54, 1.807) is 25.3 Å². The highest BCUT2D eigenvalue weighted by molar-refractivity contribution is 5.78. The topological polar surface area (TPSA) is 65.0 Å². The van der Waals surface area contributed by atoms with Crippen LogP contribution in [0.2, 0.25) is 0 Å². The van der Waals surface area contributed by atoms with E-state index in [2.05, 4.69) is 0 Å². The Hall–Kier alpha value is -3.45. The van der Waals surface area contributed by atoms with Gasteiger partial charge in [0.15, 0.2) is 11.6 Å². The molecular formula is C32H34F2O5. The zero-order chi connectivity index (χ0) is 28.1. The van der Waals surface area contributed by atoms with E-state index in [4.69, 9.17) is 14.2 Å². The number of halogens is 2. The van der Waals surface area contributed by atoms with Gasteiger partial charge < -0.3 is 19.3 Å². The Bertz CT molecular complexity index is 1430. The molecular weight excluding hydrogens is 502 g/mol. The molecule has 5 rings (SSSR count). The average Bonchev–Trinajstić information content (AvgIpc) is 3.50. The molecule has 0 heterocycles. The second-order valence-electron chi connectivity index (χ2n) is 11.7. The summed E-state index contributed by atoms with van der Waals surface area (Å²) in [7, 11) is 3.17. The van der Waals surface area contributed by atoms with Crippen molar-refractivity contribution >= 4 is 5.97 Å². The number of aryl methyl sites for hydroxylation is 1. The molecule has 3 atom stereocenters. The van der Waals surface area contributed by atoms with Crippen molar-refractivity contribution < 1.29 is 32.9 Å². The Balaban J connectivity index is 1.48. The van der Waals surface area contributed by atoms with Gasteiger partial charge in [-0.25, -0.2) is 8.78 Å². The number of carboxylic acids is 1. The van der Waals surface area contributed by atoms with E-state index < -0.39 is 23.1 Å². The molecule has 3 aromatic carbocycles. The molecule has 3 aromatic rings. The molecule has 1 saturated carbocycles. The number of ether oxygens (including phenoxy) is 3. The summed E-state index contributed by atoms with van der Waals surface area (Å²) in [6, 6.07) is 13.7. The summed E-state index contributed by atoms with van der Waals surface area (Å²) >= 11 is 0. The predicted octanol–water partition coefficient (Wildman–Crippen LogP) is 7.24. The Morgan fingerprint density at radius 1 is 1.08 bits per heavy atom. The lowest BCUT2D eigenvalue weighted by molar-refractivity contribution is -0.139. The SMILES string of the molecule is COc1ccc(F)c(-c2ccc(COc3ccc4c(c3F)[C@]3(CC4)C[C@H]3C(=O)O)cc2[C@@H](OC)C(C)(C)C)c1. The van der Waals surface area contributed by atoms with Crippen molar-refractivity contribution in [2.45, 2.75) is 58.2 Å². The number of rotatable bonds is 8. The lowest BCUT2D eigenvalue weighted by Crippen LogP contribution is -2.21. The van der Waals surface area contributed by atoms with Gasteiger partial charge in [0.05, 0.1) is 19.1 Å². The molecule has 0 radical (unpaired) electrons. The van der Waals surface area contributed by atoms with Crippen LogP contribution in [0.1, 0.15) is 62.0 Å². The smallest absolute Gasteiger partial charge is 0.307 e. The van der Waals surface area contributed by atoms with Gasteiger partial charge in [-0.1, -0.05) is 39.0 Å². The van der Waals surface area contributed by atoms with Crippen LogP contribution in [0.25, 0.3) is 11.1 Å². The first-order valence-corrected chi connectivity index (χ1v) is 13.2. The largest absolute Gasteiger partial charge is 0.497 e. The maximum Gasteiger partial charge on any atom is 0.307 e. The fourth-order valence-corrected chi connectivity index (χ4v) is 6.23. The molecule has 7 heteroatoms. The number of methoxy groups -OCH3 is 2. The number of hydrogen-bond acceptors (Lipinski definition) is 4. The fourth-order valence-electron chi connectivity index (χ4n) is 6.23. The molecule has 39 heavy (non-hydrogen) atoms. The third kappa shape index (κ3) is 4.78. The van der Waals surface area contributed by atoms with Gasteiger partial charge in [-0.15, -0.1) is 0 Å². The monoisotopic (exact) mass is 536 g/mol. The molecule has 1 N–H and O–H groups in total. The van der Waals surface area contributed by atoms with Gasteiger partial charge >= 0.3 is 5.97 Å². The predicted molar refractivity (Wildman–Crippen MR) is 144 cm³/mol. The third-order valence-corrected chi connectivity index (χ3v) is 8.18. The normalized spacial score (nSPS) is 20.5. The van der Waals surface area contributed by atoms with Crippen LogP contribution in [0, 0.1) is 23.0 Å². The zero-order valence-corrected chi connectivity index (χ0v) is 22.9. The van der Waals surface area contributed by atoms with Crippen molar-refractivity contribution in [3.8, 4) is 22.6 Å². The van der Waals surface area contributed by atoms with Gasteiger partial charge in [-0.05, 0) is 77.3 Å². The van der Waals surface area contributed by atoms with Crippen LogP contribution in [-0.4, -0.2) is 25.3 Å². The number of aliphatic carboxylic acids is 1. The van der Waals surface area contributed by atoms with Crippen LogP contribution in [0.5, 0.6) is 11.5 Å².